The van der Waals surface area contributed by atoms with Gasteiger partial charge in [-0.3, -0.25) is 9.59 Å². The first kappa shape index (κ1) is 16.7. The maximum absolute atomic E-state index is 13.0. The lowest BCUT2D eigenvalue weighted by molar-refractivity contribution is -0.261. The van der Waals surface area contributed by atoms with E-state index in [2.05, 4.69) is 5.32 Å². The molecule has 1 saturated carbocycles. The molecular formula is C21H21NO6. The summed E-state index contributed by atoms with van der Waals surface area (Å²) in [7, 11) is 0. The summed E-state index contributed by atoms with van der Waals surface area (Å²) < 4.78 is 23.8. The minimum absolute atomic E-state index is 0.164. The first-order valence-corrected chi connectivity index (χ1v) is 9.89. The highest BCUT2D eigenvalue weighted by Crippen LogP contribution is 2.60. The second kappa shape index (κ2) is 5.89. The maximum Gasteiger partial charge on any atom is 0.310 e. The van der Waals surface area contributed by atoms with Gasteiger partial charge in [-0.15, -0.1) is 0 Å². The summed E-state index contributed by atoms with van der Waals surface area (Å²) in [5.41, 5.74) is 1.64. The highest BCUT2D eigenvalue weighted by atomic mass is 16.8. The van der Waals surface area contributed by atoms with Crippen LogP contribution in [0.15, 0.2) is 42.0 Å². The number of nitrogens with one attached hydrogen (secondary N) is 1. The van der Waals surface area contributed by atoms with E-state index in [1.165, 1.54) is 0 Å². The number of rotatable bonds is 2. The lowest BCUT2D eigenvalue weighted by atomic mass is 9.64. The van der Waals surface area contributed by atoms with Crippen LogP contribution in [0.25, 0.3) is 0 Å². The first-order chi connectivity index (χ1) is 13.7. The Morgan fingerprint density at radius 3 is 2.64 bits per heavy atom. The molecule has 3 aliphatic heterocycles. The van der Waals surface area contributed by atoms with Crippen molar-refractivity contribution < 1.29 is 28.5 Å². The molecule has 7 nitrogen and oxygen atoms in total. The van der Waals surface area contributed by atoms with Crippen LogP contribution in [-0.2, 0) is 28.5 Å². The van der Waals surface area contributed by atoms with E-state index in [1.54, 1.807) is 0 Å². The van der Waals surface area contributed by atoms with Crippen molar-refractivity contribution in [2.45, 2.75) is 36.9 Å². The standard InChI is InChI=1S/C21H21NO6/c23-19(22-11-5-2-1-3-6-11)12-7-8-13-15-14(12)20(24)28-16(15)17-18(27-17)21(13)25-9-4-10-26-21/h1-3,5-6,8,12,14-18H,4,7,9-10H2,(H,22,23)/t12-,14-,15+,16-,17-,18-/m0/s1. The third-order valence-corrected chi connectivity index (χ3v) is 6.58. The molecule has 1 N–H and O–H groups in total. The van der Waals surface area contributed by atoms with Crippen molar-refractivity contribution in [3.63, 3.8) is 0 Å². The average Bonchev–Trinajstić information content (AvgIpc) is 3.47. The summed E-state index contributed by atoms with van der Waals surface area (Å²) in [6, 6.07) is 9.28. The van der Waals surface area contributed by atoms with E-state index in [0.29, 0.717) is 19.6 Å². The molecule has 5 aliphatic rings. The molecule has 4 fully saturated rings. The Bertz CT molecular complexity index is 861. The zero-order chi connectivity index (χ0) is 18.9. The predicted molar refractivity (Wildman–Crippen MR) is 96.0 cm³/mol. The number of amides is 1. The summed E-state index contributed by atoms with van der Waals surface area (Å²) in [5.74, 6) is -2.67. The topological polar surface area (TPSA) is 86.4 Å². The molecule has 1 spiro atoms. The molecule has 0 bridgehead atoms. The Morgan fingerprint density at radius 2 is 1.86 bits per heavy atom. The molecule has 28 heavy (non-hydrogen) atoms. The monoisotopic (exact) mass is 383 g/mol. The minimum atomic E-state index is -0.919. The molecule has 2 aliphatic carbocycles. The molecule has 3 heterocycles. The number of hydrogen-bond acceptors (Lipinski definition) is 6. The van der Waals surface area contributed by atoms with Gasteiger partial charge in [0.05, 0.1) is 25.0 Å². The summed E-state index contributed by atoms with van der Waals surface area (Å²) in [5, 5.41) is 2.93. The number of anilines is 1. The predicted octanol–water partition coefficient (Wildman–Crippen LogP) is 1.64. The molecular weight excluding hydrogens is 362 g/mol. The van der Waals surface area contributed by atoms with Crippen molar-refractivity contribution >= 4 is 17.6 Å². The van der Waals surface area contributed by atoms with Crippen LogP contribution in [0.1, 0.15) is 12.8 Å². The smallest absolute Gasteiger partial charge is 0.310 e. The number of ether oxygens (including phenoxy) is 4. The zero-order valence-corrected chi connectivity index (χ0v) is 15.2. The highest BCUT2D eigenvalue weighted by Gasteiger charge is 2.74. The van der Waals surface area contributed by atoms with Crippen molar-refractivity contribution in [1.29, 1.82) is 0 Å². The molecule has 0 unspecified atom stereocenters. The Morgan fingerprint density at radius 1 is 1.07 bits per heavy atom. The van der Waals surface area contributed by atoms with Crippen LogP contribution in [0.2, 0.25) is 0 Å². The van der Waals surface area contributed by atoms with E-state index >= 15 is 0 Å². The number of esters is 1. The molecule has 6 atom stereocenters. The quantitative estimate of drug-likeness (QED) is 0.475. The highest BCUT2D eigenvalue weighted by molar-refractivity contribution is 5.96. The van der Waals surface area contributed by atoms with Gasteiger partial charge < -0.3 is 24.3 Å². The second-order valence-electron chi connectivity index (χ2n) is 8.05. The number of allylic oxidation sites excluding steroid dienone is 1. The van der Waals surface area contributed by atoms with Gasteiger partial charge in [0.25, 0.3) is 0 Å². The summed E-state index contributed by atoms with van der Waals surface area (Å²) in [6.45, 7) is 1.19. The minimum Gasteiger partial charge on any atom is -0.459 e. The van der Waals surface area contributed by atoms with Crippen LogP contribution in [-0.4, -0.2) is 49.2 Å². The normalized spacial score (nSPS) is 39.4. The number of fused-ring (bicyclic) bond motifs is 4. The SMILES string of the molecule is O=C1O[C@@H]2[C@@H]3O[C@@H]3C3(OCCCO3)C3=CC[C@H](C(=O)Nc4ccccc4)[C@H]1[C@@H]32. The average molecular weight is 383 g/mol. The van der Waals surface area contributed by atoms with Gasteiger partial charge in [0.2, 0.25) is 11.7 Å². The Hall–Kier alpha value is -2.22. The van der Waals surface area contributed by atoms with Crippen LogP contribution >= 0.6 is 0 Å². The van der Waals surface area contributed by atoms with Crippen molar-refractivity contribution in [2.75, 3.05) is 18.5 Å². The lowest BCUT2D eigenvalue weighted by Gasteiger charge is -2.46. The fourth-order valence-corrected chi connectivity index (χ4v) is 5.35. The van der Waals surface area contributed by atoms with Gasteiger partial charge in [0, 0.05) is 11.6 Å². The maximum atomic E-state index is 13.0. The second-order valence-corrected chi connectivity index (χ2v) is 8.05. The van der Waals surface area contributed by atoms with Crippen LogP contribution in [0.5, 0.6) is 0 Å². The molecule has 3 saturated heterocycles. The molecule has 1 aromatic carbocycles. The van der Waals surface area contributed by atoms with Gasteiger partial charge in [0.15, 0.2) is 0 Å². The third kappa shape index (κ3) is 2.21. The number of hydrogen-bond donors (Lipinski definition) is 1. The van der Waals surface area contributed by atoms with Gasteiger partial charge >= 0.3 is 5.97 Å². The molecule has 7 heteroatoms. The largest absolute Gasteiger partial charge is 0.459 e. The summed E-state index contributed by atoms with van der Waals surface area (Å²) in [6.07, 6.45) is 2.49. The van der Waals surface area contributed by atoms with Crippen molar-refractivity contribution in [3.05, 3.63) is 42.0 Å². The zero-order valence-electron chi connectivity index (χ0n) is 15.2. The van der Waals surface area contributed by atoms with Gasteiger partial charge in [-0.25, -0.2) is 0 Å². The Labute approximate surface area is 162 Å². The van der Waals surface area contributed by atoms with Crippen molar-refractivity contribution in [2.24, 2.45) is 17.8 Å². The van der Waals surface area contributed by atoms with Gasteiger partial charge in [-0.05, 0) is 30.5 Å². The fraction of sp³-hybridized carbons (Fsp3) is 0.524. The van der Waals surface area contributed by atoms with Gasteiger partial charge in [-0.1, -0.05) is 24.3 Å². The lowest BCUT2D eigenvalue weighted by Crippen LogP contribution is -2.57. The van der Waals surface area contributed by atoms with Crippen LogP contribution in [0.3, 0.4) is 0 Å². The Kier molecular flexibility index (Phi) is 3.51. The molecule has 146 valence electrons. The van der Waals surface area contributed by atoms with Crippen molar-refractivity contribution in [1.82, 2.24) is 0 Å². The third-order valence-electron chi connectivity index (χ3n) is 6.58. The number of carbonyl (C=O) groups is 2. The Balaban J connectivity index is 1.35. The van der Waals surface area contributed by atoms with Crippen LogP contribution in [0, 0.1) is 17.8 Å². The van der Waals surface area contributed by atoms with E-state index < -0.39 is 17.6 Å². The van der Waals surface area contributed by atoms with E-state index in [4.69, 9.17) is 18.9 Å². The summed E-state index contributed by atoms with van der Waals surface area (Å²) >= 11 is 0. The van der Waals surface area contributed by atoms with E-state index in [9.17, 15) is 9.59 Å². The van der Waals surface area contributed by atoms with Crippen LogP contribution in [0.4, 0.5) is 5.69 Å². The van der Waals surface area contributed by atoms with E-state index in [0.717, 1.165) is 17.7 Å². The van der Waals surface area contributed by atoms with Gasteiger partial charge in [-0.2, -0.15) is 0 Å². The fourth-order valence-electron chi connectivity index (χ4n) is 5.35. The van der Waals surface area contributed by atoms with E-state index in [-0.39, 0.29) is 36.1 Å². The van der Waals surface area contributed by atoms with E-state index in [1.807, 2.05) is 36.4 Å². The number of para-hydroxylation sites is 1. The molecule has 1 aromatic rings. The summed E-state index contributed by atoms with van der Waals surface area (Å²) in [4.78, 5) is 25.8. The van der Waals surface area contributed by atoms with Gasteiger partial charge in [0.1, 0.15) is 18.3 Å². The first-order valence-electron chi connectivity index (χ1n) is 9.89. The number of carbonyl (C=O) groups excluding carboxylic acids is 2. The molecule has 1 amide bonds. The number of epoxide rings is 1. The number of benzene rings is 1. The molecule has 6 rings (SSSR count). The molecule has 0 radical (unpaired) electrons. The van der Waals surface area contributed by atoms with Crippen molar-refractivity contribution in [3.8, 4) is 0 Å². The van der Waals surface area contributed by atoms with Crippen LogP contribution < -0.4 is 5.32 Å². The molecule has 0 aromatic heterocycles.